The Bertz CT molecular complexity index is 598. The van der Waals surface area contributed by atoms with Crippen molar-refractivity contribution in [2.75, 3.05) is 7.11 Å². The first kappa shape index (κ1) is 13.1. The largest absolute Gasteiger partial charge is 0.465 e. The molecule has 0 saturated heterocycles. The van der Waals surface area contributed by atoms with Crippen molar-refractivity contribution in [3.05, 3.63) is 71.3 Å². The Balaban J connectivity index is 2.51. The molecule has 0 heterocycles. The molecule has 0 bridgehead atoms. The van der Waals surface area contributed by atoms with E-state index in [0.29, 0.717) is 5.57 Å². The number of carbonyl (C=O) groups is 1. The van der Waals surface area contributed by atoms with Crippen molar-refractivity contribution < 1.29 is 9.53 Å². The quantitative estimate of drug-likeness (QED) is 0.473. The number of rotatable bonds is 3. The van der Waals surface area contributed by atoms with Crippen LogP contribution in [0.4, 0.5) is 0 Å². The monoisotopic (exact) mass is 252 g/mol. The van der Waals surface area contributed by atoms with Crippen LogP contribution >= 0.6 is 0 Å². The van der Waals surface area contributed by atoms with E-state index >= 15 is 0 Å². The molecule has 0 amide bonds. The van der Waals surface area contributed by atoms with Crippen molar-refractivity contribution in [2.24, 2.45) is 0 Å². The molecule has 2 nitrogen and oxygen atoms in total. The first-order chi connectivity index (χ1) is 9.22. The van der Waals surface area contributed by atoms with E-state index in [1.54, 1.807) is 0 Å². The number of esters is 1. The van der Waals surface area contributed by atoms with Crippen LogP contribution in [-0.2, 0) is 9.53 Å². The van der Waals surface area contributed by atoms with Gasteiger partial charge in [-0.15, -0.1) is 0 Å². The van der Waals surface area contributed by atoms with Crippen LogP contribution in [0.15, 0.2) is 54.6 Å². The molecule has 0 unspecified atom stereocenters. The number of carbonyl (C=O) groups excluding carboxylic acids is 1. The van der Waals surface area contributed by atoms with E-state index in [1.807, 2.05) is 67.6 Å². The summed E-state index contributed by atoms with van der Waals surface area (Å²) >= 11 is 0. The Morgan fingerprint density at radius 3 is 2.26 bits per heavy atom. The highest BCUT2D eigenvalue weighted by Crippen LogP contribution is 2.21. The van der Waals surface area contributed by atoms with Crippen molar-refractivity contribution in [1.82, 2.24) is 0 Å². The Hall–Kier alpha value is -2.35. The lowest BCUT2D eigenvalue weighted by atomic mass is 10.0. The second kappa shape index (κ2) is 6.01. The summed E-state index contributed by atoms with van der Waals surface area (Å²) in [7, 11) is 1.40. The Kier molecular flexibility index (Phi) is 4.14. The van der Waals surface area contributed by atoms with Gasteiger partial charge in [-0.1, -0.05) is 54.6 Å². The van der Waals surface area contributed by atoms with Gasteiger partial charge in [0.1, 0.15) is 0 Å². The average molecular weight is 252 g/mol. The van der Waals surface area contributed by atoms with Gasteiger partial charge in [-0.25, -0.2) is 4.79 Å². The Morgan fingerprint density at radius 1 is 1.00 bits per heavy atom. The summed E-state index contributed by atoms with van der Waals surface area (Å²) < 4.78 is 4.87. The highest BCUT2D eigenvalue weighted by molar-refractivity contribution is 6.21. The predicted molar refractivity (Wildman–Crippen MR) is 77.5 cm³/mol. The normalized spacial score (nSPS) is 11.2. The van der Waals surface area contributed by atoms with Crippen molar-refractivity contribution in [1.29, 1.82) is 0 Å². The maximum atomic E-state index is 11.9. The second-order valence-corrected chi connectivity index (χ2v) is 4.27. The van der Waals surface area contributed by atoms with Gasteiger partial charge in [-0.05, 0) is 29.7 Å². The molecule has 0 fully saturated rings. The van der Waals surface area contributed by atoms with E-state index in [1.165, 1.54) is 7.11 Å². The summed E-state index contributed by atoms with van der Waals surface area (Å²) in [6, 6.07) is 17.5. The van der Waals surface area contributed by atoms with Crippen LogP contribution < -0.4 is 0 Å². The lowest BCUT2D eigenvalue weighted by molar-refractivity contribution is -0.133. The maximum Gasteiger partial charge on any atom is 0.338 e. The molecule has 2 aromatic rings. The highest BCUT2D eigenvalue weighted by Gasteiger charge is 2.12. The maximum absolute atomic E-state index is 11.9. The summed E-state index contributed by atoms with van der Waals surface area (Å²) in [5, 5.41) is 0. The molecule has 96 valence electrons. The van der Waals surface area contributed by atoms with Gasteiger partial charge in [-0.3, -0.25) is 0 Å². The second-order valence-electron chi connectivity index (χ2n) is 4.27. The van der Waals surface area contributed by atoms with Gasteiger partial charge < -0.3 is 4.74 Å². The first-order valence-electron chi connectivity index (χ1n) is 6.13. The predicted octanol–water partition coefficient (Wildman–Crippen LogP) is 3.71. The number of ether oxygens (including phenoxy) is 1. The minimum atomic E-state index is -0.325. The first-order valence-corrected chi connectivity index (χ1v) is 6.13. The molecule has 0 aromatic heterocycles. The summed E-state index contributed by atoms with van der Waals surface area (Å²) in [5.41, 5.74) is 3.57. The molecule has 0 aliphatic rings. The molecule has 0 radical (unpaired) electrons. The minimum Gasteiger partial charge on any atom is -0.465 e. The minimum absolute atomic E-state index is 0.325. The van der Waals surface area contributed by atoms with E-state index in [2.05, 4.69) is 0 Å². The van der Waals surface area contributed by atoms with Gasteiger partial charge in [0, 0.05) is 0 Å². The SMILES string of the molecule is COC(=O)C(=Cc1ccccc1C)c1ccccc1. The van der Waals surface area contributed by atoms with Crippen LogP contribution in [0, 0.1) is 6.92 Å². The topological polar surface area (TPSA) is 26.3 Å². The van der Waals surface area contributed by atoms with Crippen LogP contribution in [0.25, 0.3) is 11.6 Å². The summed E-state index contributed by atoms with van der Waals surface area (Å²) in [4.78, 5) is 11.9. The lowest BCUT2D eigenvalue weighted by Gasteiger charge is -2.07. The van der Waals surface area contributed by atoms with Crippen LogP contribution in [0.5, 0.6) is 0 Å². The average Bonchev–Trinajstić information content (AvgIpc) is 2.46. The summed E-state index contributed by atoms with van der Waals surface area (Å²) in [5.74, 6) is -0.325. The van der Waals surface area contributed by atoms with Crippen molar-refractivity contribution >= 4 is 17.6 Å². The number of aryl methyl sites for hydroxylation is 1. The molecule has 0 aliphatic heterocycles. The molecular formula is C17H16O2. The van der Waals surface area contributed by atoms with Crippen molar-refractivity contribution in [2.45, 2.75) is 6.92 Å². The molecular weight excluding hydrogens is 236 g/mol. The lowest BCUT2D eigenvalue weighted by Crippen LogP contribution is -2.04. The zero-order valence-electron chi connectivity index (χ0n) is 11.1. The Labute approximate surface area is 113 Å². The van der Waals surface area contributed by atoms with Crippen LogP contribution in [0.1, 0.15) is 16.7 Å². The van der Waals surface area contributed by atoms with E-state index in [9.17, 15) is 4.79 Å². The molecule has 2 heteroatoms. The standard InChI is InChI=1S/C17H16O2/c1-13-8-6-7-11-15(13)12-16(17(18)19-2)14-9-4-3-5-10-14/h3-12H,1-2H3. The zero-order valence-corrected chi connectivity index (χ0v) is 11.1. The highest BCUT2D eigenvalue weighted by atomic mass is 16.5. The van der Waals surface area contributed by atoms with Gasteiger partial charge in [0.2, 0.25) is 0 Å². The van der Waals surface area contributed by atoms with Crippen molar-refractivity contribution in [3.8, 4) is 0 Å². The molecule has 0 N–H and O–H groups in total. The molecule has 0 atom stereocenters. The fourth-order valence-electron chi connectivity index (χ4n) is 1.89. The van der Waals surface area contributed by atoms with Gasteiger partial charge in [0.05, 0.1) is 12.7 Å². The van der Waals surface area contributed by atoms with E-state index in [0.717, 1.165) is 16.7 Å². The molecule has 2 rings (SSSR count). The van der Waals surface area contributed by atoms with Gasteiger partial charge >= 0.3 is 5.97 Å². The van der Waals surface area contributed by atoms with Gasteiger partial charge in [-0.2, -0.15) is 0 Å². The van der Waals surface area contributed by atoms with E-state index in [4.69, 9.17) is 4.74 Å². The number of methoxy groups -OCH3 is 1. The number of hydrogen-bond acceptors (Lipinski definition) is 2. The summed E-state index contributed by atoms with van der Waals surface area (Å²) in [6.07, 6.45) is 1.87. The summed E-state index contributed by atoms with van der Waals surface area (Å²) in [6.45, 7) is 2.02. The fourth-order valence-corrected chi connectivity index (χ4v) is 1.89. The van der Waals surface area contributed by atoms with Gasteiger partial charge in [0.15, 0.2) is 0 Å². The third-order valence-corrected chi connectivity index (χ3v) is 2.98. The molecule has 0 saturated carbocycles. The third-order valence-electron chi connectivity index (χ3n) is 2.98. The van der Waals surface area contributed by atoms with Crippen LogP contribution in [0.3, 0.4) is 0 Å². The molecule has 0 spiro atoms. The van der Waals surface area contributed by atoms with Gasteiger partial charge in [0.25, 0.3) is 0 Å². The third kappa shape index (κ3) is 3.10. The van der Waals surface area contributed by atoms with Crippen molar-refractivity contribution in [3.63, 3.8) is 0 Å². The molecule has 0 aliphatic carbocycles. The number of benzene rings is 2. The van der Waals surface area contributed by atoms with Crippen LogP contribution in [0.2, 0.25) is 0 Å². The molecule has 2 aromatic carbocycles. The fraction of sp³-hybridized carbons (Fsp3) is 0.118. The number of hydrogen-bond donors (Lipinski definition) is 0. The van der Waals surface area contributed by atoms with E-state index < -0.39 is 0 Å². The zero-order chi connectivity index (χ0) is 13.7. The Morgan fingerprint density at radius 2 is 1.63 bits per heavy atom. The molecule has 19 heavy (non-hydrogen) atoms. The smallest absolute Gasteiger partial charge is 0.338 e. The van der Waals surface area contributed by atoms with E-state index in [-0.39, 0.29) is 5.97 Å². The van der Waals surface area contributed by atoms with Crippen LogP contribution in [-0.4, -0.2) is 13.1 Å².